The number of rotatable bonds is 6. The van der Waals surface area contributed by atoms with Gasteiger partial charge in [0, 0.05) is 33.6 Å². The summed E-state index contributed by atoms with van der Waals surface area (Å²) in [6.07, 6.45) is 0. The van der Waals surface area contributed by atoms with Crippen molar-refractivity contribution in [2.24, 2.45) is 0 Å². The van der Waals surface area contributed by atoms with Crippen LogP contribution in [0.1, 0.15) is 63.7 Å². The second-order valence-corrected chi connectivity index (χ2v) is 15.2. The molecule has 0 saturated heterocycles. The molecule has 0 unspecified atom stereocenters. The third kappa shape index (κ3) is 8.17. The van der Waals surface area contributed by atoms with Gasteiger partial charge in [-0.25, -0.2) is 16.8 Å². The Morgan fingerprint density at radius 2 is 0.672 bits per heavy atom. The van der Waals surface area contributed by atoms with Crippen molar-refractivity contribution >= 4 is 77.5 Å². The van der Waals surface area contributed by atoms with Crippen LogP contribution >= 0.6 is 0 Å². The largest absolute Gasteiger partial charge is 1.00 e. The minimum Gasteiger partial charge on any atom is -0.744 e. The first-order valence-electron chi connectivity index (χ1n) is 16.4. The average Bonchev–Trinajstić information content (AvgIpc) is 3.17. The standard InChI is InChI=1S/2C20H14N2O5S.2Na/c2*21-18-15(28(25,26)27)10-14(22-11-6-2-1-3-7-11)16-17(18)20(24)13-9-5-4-8-12(13)19(16)23;;/h2*1-10,22H,21H2,(H,25,26,27);;/q;;2*+1/p-2. The average molecular weight is 833 g/mol. The van der Waals surface area contributed by atoms with E-state index in [1.807, 2.05) is 0 Å². The number of ketones is 4. The summed E-state index contributed by atoms with van der Waals surface area (Å²) in [6, 6.07) is 31.6. The smallest absolute Gasteiger partial charge is 0.744 e. The number of nitrogens with one attached hydrogen (secondary N) is 2. The molecule has 2 aliphatic rings. The van der Waals surface area contributed by atoms with E-state index in [-0.39, 0.29) is 115 Å². The summed E-state index contributed by atoms with van der Waals surface area (Å²) in [4.78, 5) is 50.7. The first-order chi connectivity index (χ1) is 26.6. The molecule has 2 aliphatic carbocycles. The molecule has 58 heavy (non-hydrogen) atoms. The van der Waals surface area contributed by atoms with Gasteiger partial charge in [0.25, 0.3) is 0 Å². The molecule has 6 aromatic carbocycles. The fourth-order valence-corrected chi connectivity index (χ4v) is 7.82. The van der Waals surface area contributed by atoms with Gasteiger partial charge in [-0.3, -0.25) is 19.2 Å². The molecule has 18 heteroatoms. The van der Waals surface area contributed by atoms with E-state index in [9.17, 15) is 45.1 Å². The second-order valence-electron chi connectivity index (χ2n) is 12.5. The van der Waals surface area contributed by atoms with Gasteiger partial charge in [-0.15, -0.1) is 0 Å². The van der Waals surface area contributed by atoms with Gasteiger partial charge in [-0.2, -0.15) is 0 Å². The van der Waals surface area contributed by atoms with E-state index in [0.717, 1.165) is 12.1 Å². The Kier molecular flexibility index (Phi) is 13.0. The number of carbonyl (C=O) groups is 4. The monoisotopic (exact) mass is 832 g/mol. The molecule has 0 fully saturated rings. The Hall–Kier alpha value is -4.98. The molecule has 280 valence electrons. The maximum atomic E-state index is 13.1. The minimum absolute atomic E-state index is 0. The number of benzene rings is 6. The van der Waals surface area contributed by atoms with E-state index in [4.69, 9.17) is 11.5 Å². The molecule has 0 heterocycles. The topological polar surface area (TPSA) is 259 Å². The van der Waals surface area contributed by atoms with E-state index in [2.05, 4.69) is 10.6 Å². The molecule has 0 bridgehead atoms. The summed E-state index contributed by atoms with van der Waals surface area (Å²) in [5, 5.41) is 5.84. The molecule has 0 spiro atoms. The van der Waals surface area contributed by atoms with Crippen molar-refractivity contribution in [2.45, 2.75) is 9.79 Å². The maximum Gasteiger partial charge on any atom is 1.00 e. The molecule has 0 aromatic heterocycles. The zero-order valence-corrected chi connectivity index (χ0v) is 36.2. The number of fused-ring (bicyclic) bond motifs is 4. The van der Waals surface area contributed by atoms with E-state index in [1.165, 1.54) is 24.3 Å². The van der Waals surface area contributed by atoms with Crippen LogP contribution in [0.25, 0.3) is 0 Å². The number of anilines is 6. The zero-order chi connectivity index (χ0) is 40.1. The van der Waals surface area contributed by atoms with E-state index < -0.39 is 64.5 Å². The van der Waals surface area contributed by atoms with Crippen molar-refractivity contribution in [3.8, 4) is 0 Å². The van der Waals surface area contributed by atoms with Crippen LogP contribution < -0.4 is 81.2 Å². The van der Waals surface area contributed by atoms with Crippen LogP contribution in [-0.4, -0.2) is 49.1 Å². The van der Waals surface area contributed by atoms with Crippen molar-refractivity contribution in [1.82, 2.24) is 0 Å². The Morgan fingerprint density at radius 1 is 0.414 bits per heavy atom. The van der Waals surface area contributed by atoms with E-state index in [1.54, 1.807) is 84.9 Å². The van der Waals surface area contributed by atoms with Crippen LogP contribution in [0.2, 0.25) is 0 Å². The number of hydrogen-bond acceptors (Lipinski definition) is 14. The first kappa shape index (κ1) is 44.1. The van der Waals surface area contributed by atoms with Crippen LogP contribution in [0.3, 0.4) is 0 Å². The van der Waals surface area contributed by atoms with Gasteiger partial charge in [-0.05, 0) is 36.4 Å². The molecule has 8 rings (SSSR count). The SMILES string of the molecule is Nc1c(S(=O)(=O)[O-])cc(Nc2ccccc2)c2c1C(=O)c1ccccc1C2=O.Nc1c(S(=O)(=O)[O-])cc(Nc2ccccc2)c2c1C(=O)c1ccccc1C2=O.[Na+].[Na+]. The van der Waals surface area contributed by atoms with Crippen molar-refractivity contribution in [1.29, 1.82) is 0 Å². The van der Waals surface area contributed by atoms with Gasteiger partial charge in [-0.1, -0.05) is 84.9 Å². The van der Waals surface area contributed by atoms with Crippen molar-refractivity contribution in [3.05, 3.63) is 166 Å². The normalized spacial score (nSPS) is 12.6. The maximum absolute atomic E-state index is 13.1. The number of carbonyl (C=O) groups excluding carboxylic acids is 4. The molecule has 0 atom stereocenters. The molecular weight excluding hydrogens is 807 g/mol. The van der Waals surface area contributed by atoms with Crippen LogP contribution in [0, 0.1) is 0 Å². The Balaban J connectivity index is 0.000000214. The number of para-hydroxylation sites is 2. The second kappa shape index (κ2) is 17.1. The van der Waals surface area contributed by atoms with Gasteiger partial charge in [0.1, 0.15) is 20.2 Å². The summed E-state index contributed by atoms with van der Waals surface area (Å²) in [5.74, 6) is -2.18. The molecule has 0 saturated carbocycles. The predicted octanol–water partition coefficient (Wildman–Crippen LogP) is -0.608. The molecular formula is C40H26N4Na2O10S2. The van der Waals surface area contributed by atoms with Gasteiger partial charge in [0.2, 0.25) is 0 Å². The van der Waals surface area contributed by atoms with Gasteiger partial charge in [0.05, 0.1) is 54.8 Å². The number of nitrogen functional groups attached to an aromatic ring is 2. The Labute approximate surface area is 376 Å². The molecule has 0 aliphatic heterocycles. The Bertz CT molecular complexity index is 2710. The third-order valence-corrected chi connectivity index (χ3v) is 10.8. The molecule has 0 amide bonds. The summed E-state index contributed by atoms with van der Waals surface area (Å²) in [5.41, 5.74) is 11.8. The van der Waals surface area contributed by atoms with Crippen LogP contribution in [0.5, 0.6) is 0 Å². The van der Waals surface area contributed by atoms with E-state index in [0.29, 0.717) is 11.4 Å². The molecule has 6 N–H and O–H groups in total. The van der Waals surface area contributed by atoms with Crippen LogP contribution in [0.4, 0.5) is 34.1 Å². The Morgan fingerprint density at radius 3 is 0.948 bits per heavy atom. The number of hydrogen-bond donors (Lipinski definition) is 4. The van der Waals surface area contributed by atoms with E-state index >= 15 is 0 Å². The van der Waals surface area contributed by atoms with Crippen LogP contribution in [-0.2, 0) is 20.2 Å². The fraction of sp³-hybridized carbons (Fsp3) is 0. The van der Waals surface area contributed by atoms with Crippen molar-refractivity contribution < 1.29 is 104 Å². The summed E-state index contributed by atoms with van der Waals surface area (Å²) < 4.78 is 70.3. The van der Waals surface area contributed by atoms with Gasteiger partial charge in [0.15, 0.2) is 23.1 Å². The number of nitrogens with two attached hydrogens (primary N) is 2. The molecule has 0 radical (unpaired) electrons. The third-order valence-electron chi connectivity index (χ3n) is 9.04. The van der Waals surface area contributed by atoms with Gasteiger partial charge >= 0.3 is 59.1 Å². The summed E-state index contributed by atoms with van der Waals surface area (Å²) in [6.45, 7) is 0. The van der Waals surface area contributed by atoms with Crippen molar-refractivity contribution in [3.63, 3.8) is 0 Å². The first-order valence-corrected chi connectivity index (χ1v) is 19.2. The van der Waals surface area contributed by atoms with Crippen LogP contribution in [0.15, 0.2) is 131 Å². The predicted molar refractivity (Wildman–Crippen MR) is 204 cm³/mol. The van der Waals surface area contributed by atoms with Crippen molar-refractivity contribution in [2.75, 3.05) is 22.1 Å². The van der Waals surface area contributed by atoms with Gasteiger partial charge < -0.3 is 31.2 Å². The fourth-order valence-electron chi connectivity index (χ4n) is 6.55. The quantitative estimate of drug-likeness (QED) is 0.0927. The zero-order valence-electron chi connectivity index (χ0n) is 30.6. The summed E-state index contributed by atoms with van der Waals surface area (Å²) in [7, 11) is -9.96. The minimum atomic E-state index is -4.98. The molecule has 14 nitrogen and oxygen atoms in total. The summed E-state index contributed by atoms with van der Waals surface area (Å²) >= 11 is 0. The molecule has 6 aromatic rings.